The molecule has 2 nitrogen and oxygen atoms in total. The molecule has 0 atom stereocenters. The summed E-state index contributed by atoms with van der Waals surface area (Å²) in [5.74, 6) is 0.697. The average molecular weight is 801 g/mol. The minimum atomic E-state index is -0.524. The summed E-state index contributed by atoms with van der Waals surface area (Å²) in [6, 6.07) is 87.8. The molecule has 0 aliphatic heterocycles. The summed E-state index contributed by atoms with van der Waals surface area (Å²) in [7, 11) is 0. The van der Waals surface area contributed by atoms with Crippen molar-refractivity contribution >= 4 is 21.5 Å². The van der Waals surface area contributed by atoms with Gasteiger partial charge in [0, 0.05) is 16.7 Å². The summed E-state index contributed by atoms with van der Waals surface area (Å²) in [6.45, 7) is 0. The number of fused-ring (bicyclic) bond motifs is 6. The van der Waals surface area contributed by atoms with Crippen LogP contribution in [-0.2, 0) is 5.41 Å². The second-order valence-corrected chi connectivity index (χ2v) is 16.4. The summed E-state index contributed by atoms with van der Waals surface area (Å²) >= 11 is 0. The molecule has 0 radical (unpaired) electrons. The van der Waals surface area contributed by atoms with Crippen LogP contribution in [0, 0.1) is 0 Å². The molecule has 294 valence electrons. The molecule has 1 aliphatic carbocycles. The number of benzene rings is 10. The maximum Gasteiger partial charge on any atom is 0.160 e. The Labute approximate surface area is 367 Å². The van der Waals surface area contributed by atoms with E-state index in [1.165, 1.54) is 60.7 Å². The standard InChI is InChI=1S/C61H40N2/c1-5-19-41(20-6-1)47-28-15-18-32-52(47)57-40-58(63-60(62-57)43-22-7-2-8-23-43)53-37-36-48(50-30-16-17-31-51(50)53)44-33-35-54-56(39-44)61(45-24-9-3-10-25-45,46-26-11-4-12-27-46)55-38-34-42-21-13-14-29-49(42)59(54)55/h1-40H. The highest BCUT2D eigenvalue weighted by Gasteiger charge is 2.46. The van der Waals surface area contributed by atoms with Crippen molar-refractivity contribution in [1.29, 1.82) is 0 Å². The lowest BCUT2D eigenvalue weighted by Gasteiger charge is -2.34. The topological polar surface area (TPSA) is 25.8 Å². The predicted molar refractivity (Wildman–Crippen MR) is 262 cm³/mol. The van der Waals surface area contributed by atoms with Crippen molar-refractivity contribution < 1.29 is 0 Å². The Morgan fingerprint density at radius 3 is 1.48 bits per heavy atom. The van der Waals surface area contributed by atoms with Crippen molar-refractivity contribution in [1.82, 2.24) is 9.97 Å². The first-order chi connectivity index (χ1) is 31.3. The molecule has 1 aromatic heterocycles. The van der Waals surface area contributed by atoms with Crippen LogP contribution in [-0.4, -0.2) is 9.97 Å². The van der Waals surface area contributed by atoms with E-state index in [1.54, 1.807) is 0 Å². The summed E-state index contributed by atoms with van der Waals surface area (Å²) in [6.07, 6.45) is 0. The van der Waals surface area contributed by atoms with Crippen LogP contribution >= 0.6 is 0 Å². The van der Waals surface area contributed by atoms with Gasteiger partial charge in [0.05, 0.1) is 16.8 Å². The normalized spacial score (nSPS) is 12.6. The fourth-order valence-corrected chi connectivity index (χ4v) is 10.2. The van der Waals surface area contributed by atoms with Crippen LogP contribution in [0.25, 0.3) is 88.8 Å². The Morgan fingerprint density at radius 1 is 0.286 bits per heavy atom. The highest BCUT2D eigenvalue weighted by Crippen LogP contribution is 2.58. The highest BCUT2D eigenvalue weighted by molar-refractivity contribution is 6.07. The Kier molecular flexibility index (Phi) is 8.76. The molecule has 0 unspecified atom stereocenters. The van der Waals surface area contributed by atoms with Gasteiger partial charge in [-0.1, -0.05) is 231 Å². The van der Waals surface area contributed by atoms with Crippen molar-refractivity contribution in [3.05, 3.63) is 265 Å². The van der Waals surface area contributed by atoms with Gasteiger partial charge in [-0.25, -0.2) is 9.97 Å². The van der Waals surface area contributed by atoms with Crippen LogP contribution in [0.5, 0.6) is 0 Å². The van der Waals surface area contributed by atoms with Gasteiger partial charge >= 0.3 is 0 Å². The summed E-state index contributed by atoms with van der Waals surface area (Å²) in [5.41, 5.74) is 16.7. The molecule has 12 rings (SSSR count). The van der Waals surface area contributed by atoms with Gasteiger partial charge in [0.15, 0.2) is 5.82 Å². The third kappa shape index (κ3) is 5.95. The largest absolute Gasteiger partial charge is 0.228 e. The van der Waals surface area contributed by atoms with Gasteiger partial charge in [-0.15, -0.1) is 0 Å². The van der Waals surface area contributed by atoms with E-state index in [9.17, 15) is 0 Å². The van der Waals surface area contributed by atoms with Gasteiger partial charge in [-0.2, -0.15) is 0 Å². The summed E-state index contributed by atoms with van der Waals surface area (Å²) in [4.78, 5) is 10.6. The van der Waals surface area contributed by atoms with Crippen molar-refractivity contribution in [2.24, 2.45) is 0 Å². The number of rotatable bonds is 7. The molecule has 0 N–H and O–H groups in total. The molecule has 0 spiro atoms. The van der Waals surface area contributed by atoms with E-state index in [4.69, 9.17) is 9.97 Å². The van der Waals surface area contributed by atoms with E-state index in [2.05, 4.69) is 237 Å². The first-order valence-electron chi connectivity index (χ1n) is 21.7. The maximum atomic E-state index is 5.32. The lowest BCUT2D eigenvalue weighted by molar-refractivity contribution is 0.769. The van der Waals surface area contributed by atoms with Crippen molar-refractivity contribution in [2.45, 2.75) is 5.41 Å². The van der Waals surface area contributed by atoms with Gasteiger partial charge in [0.25, 0.3) is 0 Å². The maximum absolute atomic E-state index is 5.32. The highest BCUT2D eigenvalue weighted by atomic mass is 14.9. The second-order valence-electron chi connectivity index (χ2n) is 16.4. The van der Waals surface area contributed by atoms with Crippen molar-refractivity contribution in [3.8, 4) is 67.3 Å². The summed E-state index contributed by atoms with van der Waals surface area (Å²) in [5, 5.41) is 4.84. The van der Waals surface area contributed by atoms with Crippen LogP contribution in [0.15, 0.2) is 243 Å². The molecule has 1 aliphatic rings. The van der Waals surface area contributed by atoms with Crippen LogP contribution in [0.3, 0.4) is 0 Å². The molecule has 0 fully saturated rings. The Hall–Kier alpha value is -8.20. The van der Waals surface area contributed by atoms with Gasteiger partial charge in [0.2, 0.25) is 0 Å². The van der Waals surface area contributed by atoms with Crippen molar-refractivity contribution in [3.63, 3.8) is 0 Å². The van der Waals surface area contributed by atoms with E-state index < -0.39 is 5.41 Å². The van der Waals surface area contributed by atoms with E-state index >= 15 is 0 Å². The fourth-order valence-electron chi connectivity index (χ4n) is 10.2. The lowest BCUT2D eigenvalue weighted by atomic mass is 9.67. The Bertz CT molecular complexity index is 3450. The van der Waals surface area contributed by atoms with E-state index in [1.807, 2.05) is 6.07 Å². The molecule has 10 aromatic carbocycles. The van der Waals surface area contributed by atoms with Gasteiger partial charge in [-0.3, -0.25) is 0 Å². The molecular formula is C61H40N2. The number of hydrogen-bond donors (Lipinski definition) is 0. The average Bonchev–Trinajstić information content (AvgIpc) is 3.68. The van der Waals surface area contributed by atoms with Gasteiger partial charge < -0.3 is 0 Å². The second kappa shape index (κ2) is 15.1. The predicted octanol–water partition coefficient (Wildman–Crippen LogP) is 15.5. The Balaban J connectivity index is 1.08. The molecular weight excluding hydrogens is 761 g/mol. The SMILES string of the molecule is c1ccc(-c2nc(-c3ccccc3-c3ccccc3)cc(-c3ccc(-c4ccc5c(c4)C(c4ccccc4)(c4ccccc4)c4ccc6ccccc6c4-5)c4ccccc34)n2)cc1. The Morgan fingerprint density at radius 2 is 0.794 bits per heavy atom. The van der Waals surface area contributed by atoms with Crippen LogP contribution in [0.2, 0.25) is 0 Å². The molecule has 2 heteroatoms. The van der Waals surface area contributed by atoms with Crippen molar-refractivity contribution in [2.75, 3.05) is 0 Å². The quantitative estimate of drug-likeness (QED) is 0.160. The lowest BCUT2D eigenvalue weighted by Crippen LogP contribution is -2.28. The number of aromatic nitrogens is 2. The molecule has 0 amide bonds. The van der Waals surface area contributed by atoms with Crippen LogP contribution in [0.4, 0.5) is 0 Å². The smallest absolute Gasteiger partial charge is 0.160 e. The van der Waals surface area contributed by atoms with E-state index in [0.29, 0.717) is 5.82 Å². The minimum Gasteiger partial charge on any atom is -0.228 e. The van der Waals surface area contributed by atoms with Gasteiger partial charge in [0.1, 0.15) is 0 Å². The first kappa shape index (κ1) is 36.6. The molecule has 1 heterocycles. The zero-order valence-corrected chi connectivity index (χ0v) is 34.5. The first-order valence-corrected chi connectivity index (χ1v) is 21.7. The van der Waals surface area contributed by atoms with Crippen LogP contribution in [0.1, 0.15) is 22.3 Å². The number of nitrogens with zero attached hydrogens (tertiary/aromatic N) is 2. The molecule has 63 heavy (non-hydrogen) atoms. The van der Waals surface area contributed by atoms with Gasteiger partial charge in [-0.05, 0) is 89.3 Å². The van der Waals surface area contributed by atoms with E-state index in [-0.39, 0.29) is 0 Å². The fraction of sp³-hybridized carbons (Fsp3) is 0.0164. The monoisotopic (exact) mass is 800 g/mol. The third-order valence-corrected chi connectivity index (χ3v) is 13.0. The molecule has 0 saturated carbocycles. The van der Waals surface area contributed by atoms with E-state index in [0.717, 1.165) is 44.6 Å². The minimum absolute atomic E-state index is 0.524. The van der Waals surface area contributed by atoms with Crippen LogP contribution < -0.4 is 0 Å². The zero-order valence-electron chi connectivity index (χ0n) is 34.5. The molecule has 0 bridgehead atoms. The molecule has 11 aromatic rings. The summed E-state index contributed by atoms with van der Waals surface area (Å²) < 4.78 is 0. The zero-order chi connectivity index (χ0) is 41.7. The third-order valence-electron chi connectivity index (χ3n) is 13.0. The number of hydrogen-bond acceptors (Lipinski definition) is 2. The molecule has 0 saturated heterocycles.